The van der Waals surface area contributed by atoms with Crippen molar-refractivity contribution in [2.45, 2.75) is 12.8 Å². The Morgan fingerprint density at radius 1 is 1.16 bits per heavy atom. The summed E-state index contributed by atoms with van der Waals surface area (Å²) >= 11 is 0. The molecule has 0 amide bonds. The molecule has 4 nitrogen and oxygen atoms in total. The smallest absolute Gasteiger partial charge is 0.363 e. The van der Waals surface area contributed by atoms with Gasteiger partial charge < -0.3 is 9.47 Å². The van der Waals surface area contributed by atoms with Crippen molar-refractivity contribution >= 4 is 17.9 Å². The van der Waals surface area contributed by atoms with Gasteiger partial charge in [-0.15, -0.1) is 0 Å². The molecule has 0 radical (unpaired) electrons. The lowest BCUT2D eigenvalue weighted by molar-refractivity contribution is -0.130. The fourth-order valence-electron chi connectivity index (χ4n) is 2.47. The Morgan fingerprint density at radius 3 is 2.72 bits per heavy atom. The topological polar surface area (TPSA) is 47.9 Å². The van der Waals surface area contributed by atoms with Crippen molar-refractivity contribution in [3.05, 3.63) is 70.9 Å². The molecule has 2 aromatic rings. The summed E-state index contributed by atoms with van der Waals surface area (Å²) in [5.74, 6) is -0.781. The predicted octanol–water partition coefficient (Wildman–Crippen LogP) is 3.90. The summed E-state index contributed by atoms with van der Waals surface area (Å²) in [5, 5.41) is 0. The van der Waals surface area contributed by atoms with Crippen LogP contribution in [0.3, 0.4) is 0 Å². The van der Waals surface area contributed by atoms with E-state index in [-0.39, 0.29) is 23.8 Å². The Hall–Kier alpha value is -3.02. The number of aryl methyl sites for hydroxylation is 1. The molecule has 2 aromatic carbocycles. The van der Waals surface area contributed by atoms with Crippen molar-refractivity contribution in [1.82, 2.24) is 0 Å². The van der Waals surface area contributed by atoms with Gasteiger partial charge in [-0.2, -0.15) is 0 Å². The second kappa shape index (κ2) is 7.25. The standard InChI is InChI=1S/C19H15F2NO3/c1-24-17-8-7-14(20)10-13(17)11-16-19(23)25-18(22-16)9-6-12-4-2-3-5-15(12)21/h2-5,7-8,10-11H,6,9H2,1H3/b16-11+. The second-order valence-electron chi connectivity index (χ2n) is 5.40. The summed E-state index contributed by atoms with van der Waals surface area (Å²) in [7, 11) is 1.45. The number of esters is 1. The summed E-state index contributed by atoms with van der Waals surface area (Å²) in [4.78, 5) is 16.1. The molecule has 3 rings (SSSR count). The van der Waals surface area contributed by atoms with E-state index in [2.05, 4.69) is 4.99 Å². The minimum absolute atomic E-state index is 0.0485. The third-order valence-electron chi connectivity index (χ3n) is 3.71. The van der Waals surface area contributed by atoms with Crippen LogP contribution in [0.4, 0.5) is 8.78 Å². The molecule has 0 saturated carbocycles. The van der Waals surface area contributed by atoms with Gasteiger partial charge in [0.1, 0.15) is 17.4 Å². The molecular formula is C19H15F2NO3. The van der Waals surface area contributed by atoms with E-state index in [1.807, 2.05) is 0 Å². The maximum Gasteiger partial charge on any atom is 0.363 e. The van der Waals surface area contributed by atoms with E-state index in [0.29, 0.717) is 23.3 Å². The molecule has 1 aliphatic rings. The number of aliphatic imine (C=N–C) groups is 1. The van der Waals surface area contributed by atoms with Crippen molar-refractivity contribution in [2.75, 3.05) is 7.11 Å². The van der Waals surface area contributed by atoms with Crippen LogP contribution in [0.15, 0.2) is 53.2 Å². The third-order valence-corrected chi connectivity index (χ3v) is 3.71. The highest BCUT2D eigenvalue weighted by Gasteiger charge is 2.23. The fourth-order valence-corrected chi connectivity index (χ4v) is 2.47. The molecule has 0 atom stereocenters. The van der Waals surface area contributed by atoms with Crippen LogP contribution in [-0.2, 0) is 16.0 Å². The Morgan fingerprint density at radius 2 is 1.96 bits per heavy atom. The van der Waals surface area contributed by atoms with Gasteiger partial charge in [0.25, 0.3) is 0 Å². The lowest BCUT2D eigenvalue weighted by atomic mass is 10.1. The number of carbonyl (C=O) groups is 1. The number of nitrogens with zero attached hydrogens (tertiary/aromatic N) is 1. The Balaban J connectivity index is 1.78. The van der Waals surface area contributed by atoms with Crippen molar-refractivity contribution in [1.29, 1.82) is 0 Å². The normalized spacial score (nSPS) is 15.2. The summed E-state index contributed by atoms with van der Waals surface area (Å²) in [5.41, 5.74) is 0.950. The van der Waals surface area contributed by atoms with Crippen LogP contribution < -0.4 is 4.74 Å². The van der Waals surface area contributed by atoms with Gasteiger partial charge in [-0.3, -0.25) is 0 Å². The van der Waals surface area contributed by atoms with Gasteiger partial charge in [0, 0.05) is 12.0 Å². The number of carbonyl (C=O) groups excluding carboxylic acids is 1. The maximum atomic E-state index is 13.6. The lowest BCUT2D eigenvalue weighted by Crippen LogP contribution is -2.05. The fraction of sp³-hybridized carbons (Fsp3) is 0.158. The molecule has 0 bridgehead atoms. The Bertz CT molecular complexity index is 875. The van der Waals surface area contributed by atoms with Crippen LogP contribution in [0.25, 0.3) is 6.08 Å². The largest absolute Gasteiger partial charge is 0.496 e. The minimum Gasteiger partial charge on any atom is -0.496 e. The molecule has 0 spiro atoms. The van der Waals surface area contributed by atoms with E-state index in [1.54, 1.807) is 18.2 Å². The van der Waals surface area contributed by atoms with E-state index in [4.69, 9.17) is 9.47 Å². The number of ether oxygens (including phenoxy) is 2. The molecule has 25 heavy (non-hydrogen) atoms. The number of benzene rings is 2. The molecule has 128 valence electrons. The highest BCUT2D eigenvalue weighted by Crippen LogP contribution is 2.25. The molecule has 0 unspecified atom stereocenters. The molecule has 0 aliphatic carbocycles. The first-order valence-corrected chi connectivity index (χ1v) is 7.65. The lowest BCUT2D eigenvalue weighted by Gasteiger charge is -2.04. The average molecular weight is 343 g/mol. The van der Waals surface area contributed by atoms with E-state index >= 15 is 0 Å². The van der Waals surface area contributed by atoms with Crippen molar-refractivity contribution in [3.63, 3.8) is 0 Å². The summed E-state index contributed by atoms with van der Waals surface area (Å²) in [6.45, 7) is 0. The van der Waals surface area contributed by atoms with Crippen molar-refractivity contribution < 1.29 is 23.0 Å². The van der Waals surface area contributed by atoms with Gasteiger partial charge in [-0.05, 0) is 42.3 Å². The van der Waals surface area contributed by atoms with Gasteiger partial charge in [0.2, 0.25) is 0 Å². The zero-order valence-electron chi connectivity index (χ0n) is 13.5. The third kappa shape index (κ3) is 3.91. The second-order valence-corrected chi connectivity index (χ2v) is 5.40. The predicted molar refractivity (Wildman–Crippen MR) is 89.2 cm³/mol. The monoisotopic (exact) mass is 343 g/mol. The Labute approximate surface area is 143 Å². The maximum absolute atomic E-state index is 13.6. The number of hydrogen-bond acceptors (Lipinski definition) is 4. The van der Waals surface area contributed by atoms with Crippen LogP contribution in [0.1, 0.15) is 17.5 Å². The molecular weight excluding hydrogens is 328 g/mol. The quantitative estimate of drug-likeness (QED) is 0.611. The van der Waals surface area contributed by atoms with Gasteiger partial charge in [0.05, 0.1) is 7.11 Å². The molecule has 6 heteroatoms. The van der Waals surface area contributed by atoms with Gasteiger partial charge >= 0.3 is 5.97 Å². The van der Waals surface area contributed by atoms with E-state index in [1.165, 1.54) is 37.5 Å². The number of cyclic esters (lactones) is 1. The van der Waals surface area contributed by atoms with Crippen molar-refractivity contribution in [2.24, 2.45) is 4.99 Å². The highest BCUT2D eigenvalue weighted by molar-refractivity contribution is 6.07. The zero-order chi connectivity index (χ0) is 17.8. The van der Waals surface area contributed by atoms with Gasteiger partial charge in [-0.25, -0.2) is 18.6 Å². The van der Waals surface area contributed by atoms with E-state index < -0.39 is 11.8 Å². The van der Waals surface area contributed by atoms with E-state index in [0.717, 1.165) is 0 Å². The molecule has 0 saturated heterocycles. The molecule has 1 aliphatic heterocycles. The molecule has 0 fully saturated rings. The number of rotatable bonds is 5. The van der Waals surface area contributed by atoms with Crippen LogP contribution in [0.5, 0.6) is 5.75 Å². The van der Waals surface area contributed by atoms with Crippen LogP contribution >= 0.6 is 0 Å². The Kier molecular flexibility index (Phi) is 4.88. The van der Waals surface area contributed by atoms with E-state index in [9.17, 15) is 13.6 Å². The highest BCUT2D eigenvalue weighted by atomic mass is 19.1. The van der Waals surface area contributed by atoms with Crippen LogP contribution in [-0.4, -0.2) is 19.0 Å². The summed E-state index contributed by atoms with van der Waals surface area (Å²) < 4.78 is 37.3. The first-order valence-electron chi connectivity index (χ1n) is 7.65. The number of hydrogen-bond donors (Lipinski definition) is 0. The molecule has 1 heterocycles. The van der Waals surface area contributed by atoms with Gasteiger partial charge in [0.15, 0.2) is 11.6 Å². The van der Waals surface area contributed by atoms with Crippen molar-refractivity contribution in [3.8, 4) is 5.75 Å². The average Bonchev–Trinajstić information content (AvgIpc) is 2.94. The van der Waals surface area contributed by atoms with Crippen LogP contribution in [0, 0.1) is 11.6 Å². The molecule has 0 aromatic heterocycles. The first-order chi connectivity index (χ1) is 12.1. The first kappa shape index (κ1) is 16.8. The summed E-state index contributed by atoms with van der Waals surface area (Å²) in [6, 6.07) is 10.4. The number of halogens is 2. The molecule has 0 N–H and O–H groups in total. The SMILES string of the molecule is COc1ccc(F)cc1/C=C1/N=C(CCc2ccccc2F)OC1=O. The summed E-state index contributed by atoms with van der Waals surface area (Å²) in [6.07, 6.45) is 2.04. The van der Waals surface area contributed by atoms with Gasteiger partial charge in [-0.1, -0.05) is 18.2 Å². The minimum atomic E-state index is -0.630. The number of methoxy groups -OCH3 is 1. The zero-order valence-corrected chi connectivity index (χ0v) is 13.5. The van der Waals surface area contributed by atoms with Crippen LogP contribution in [0.2, 0.25) is 0 Å².